The number of ether oxygens (including phenoxy) is 2. The van der Waals surface area contributed by atoms with Crippen LogP contribution >= 0.6 is 22.9 Å². The van der Waals surface area contributed by atoms with Gasteiger partial charge in [0.2, 0.25) is 21.8 Å². The van der Waals surface area contributed by atoms with E-state index >= 15 is 0 Å². The van der Waals surface area contributed by atoms with E-state index in [1.807, 2.05) is 29.7 Å². The van der Waals surface area contributed by atoms with Crippen molar-refractivity contribution in [3.63, 3.8) is 0 Å². The number of fused-ring (bicyclic) bond motifs is 3. The number of nitrogens with one attached hydrogen (secondary N) is 2. The van der Waals surface area contributed by atoms with Crippen LogP contribution in [0.1, 0.15) is 76.8 Å². The van der Waals surface area contributed by atoms with Crippen molar-refractivity contribution in [2.45, 2.75) is 88.0 Å². The average Bonchev–Trinajstić information content (AvgIpc) is 3.98. The minimum atomic E-state index is -3.84. The van der Waals surface area contributed by atoms with Gasteiger partial charge in [-0.1, -0.05) is 37.6 Å². The van der Waals surface area contributed by atoms with Gasteiger partial charge in [0.1, 0.15) is 38.9 Å². The summed E-state index contributed by atoms with van der Waals surface area (Å²) in [7, 11) is -0.553. The van der Waals surface area contributed by atoms with E-state index in [-0.39, 0.29) is 37.0 Å². The van der Waals surface area contributed by atoms with Crippen molar-refractivity contribution in [2.75, 3.05) is 20.7 Å². The van der Waals surface area contributed by atoms with Crippen LogP contribution in [0.4, 0.5) is 0 Å². The average molecular weight is 770 g/mol. The van der Waals surface area contributed by atoms with Gasteiger partial charge in [-0.25, -0.2) is 18.4 Å². The van der Waals surface area contributed by atoms with Crippen LogP contribution in [0.3, 0.4) is 0 Å². The van der Waals surface area contributed by atoms with Crippen LogP contribution in [-0.4, -0.2) is 78.6 Å². The van der Waals surface area contributed by atoms with E-state index in [2.05, 4.69) is 23.9 Å². The SMILES string of the molecule is COc1ccc2c(OC3CC4C(=O)NC5(C(=O)NS(=O)(=O)C6CC6)CC5/C=C\CCCCN(C)C(=O)C4C3)cc(-c3nc(C(C)C)cs3)nc2c1Cl. The molecule has 52 heavy (non-hydrogen) atoms. The molecule has 5 unspecified atom stereocenters. The predicted molar refractivity (Wildman–Crippen MR) is 199 cm³/mol. The summed E-state index contributed by atoms with van der Waals surface area (Å²) in [4.78, 5) is 53.2. The van der Waals surface area contributed by atoms with Crippen LogP contribution in [0.2, 0.25) is 5.02 Å². The summed E-state index contributed by atoms with van der Waals surface area (Å²) in [5, 5.41) is 6.02. The van der Waals surface area contributed by atoms with Crippen LogP contribution in [0.15, 0.2) is 35.7 Å². The molecule has 15 heteroatoms. The Hall–Kier alpha value is -3.75. The fraction of sp³-hybridized carbons (Fsp3) is 0.541. The van der Waals surface area contributed by atoms with E-state index in [0.717, 1.165) is 25.0 Å². The van der Waals surface area contributed by atoms with Gasteiger partial charge in [0.25, 0.3) is 5.91 Å². The van der Waals surface area contributed by atoms with Crippen LogP contribution in [0, 0.1) is 17.8 Å². The maximum atomic E-state index is 14.3. The summed E-state index contributed by atoms with van der Waals surface area (Å²) < 4.78 is 40.0. The molecular formula is C37H44ClN5O7S2. The Morgan fingerprint density at radius 3 is 2.62 bits per heavy atom. The lowest BCUT2D eigenvalue weighted by Crippen LogP contribution is -2.54. The fourth-order valence-electron chi connectivity index (χ4n) is 7.31. The Labute approximate surface area is 312 Å². The van der Waals surface area contributed by atoms with Crippen molar-refractivity contribution in [1.29, 1.82) is 0 Å². The zero-order valence-electron chi connectivity index (χ0n) is 29.7. The molecule has 0 saturated heterocycles. The van der Waals surface area contributed by atoms with Crippen molar-refractivity contribution in [3.8, 4) is 22.2 Å². The van der Waals surface area contributed by atoms with Gasteiger partial charge in [-0.2, -0.15) is 0 Å². The van der Waals surface area contributed by atoms with Crippen LogP contribution in [-0.2, 0) is 24.4 Å². The molecule has 3 fully saturated rings. The number of allylic oxidation sites excluding steroid dienone is 1. The molecule has 0 spiro atoms. The first-order valence-electron chi connectivity index (χ1n) is 17.9. The zero-order chi connectivity index (χ0) is 36.9. The first-order valence-corrected chi connectivity index (χ1v) is 20.7. The number of pyridine rings is 1. The van der Waals surface area contributed by atoms with Gasteiger partial charge >= 0.3 is 0 Å². The number of methoxy groups -OCH3 is 1. The highest BCUT2D eigenvalue weighted by atomic mass is 35.5. The first kappa shape index (κ1) is 36.6. The van der Waals surface area contributed by atoms with Gasteiger partial charge in [0.15, 0.2) is 0 Å². The number of carbonyl (C=O) groups excluding carboxylic acids is 3. The van der Waals surface area contributed by atoms with Crippen molar-refractivity contribution >= 4 is 61.6 Å². The van der Waals surface area contributed by atoms with Crippen molar-refractivity contribution < 1.29 is 32.3 Å². The topological polar surface area (TPSA) is 157 Å². The lowest BCUT2D eigenvalue weighted by atomic mass is 9.93. The van der Waals surface area contributed by atoms with Gasteiger partial charge in [-0.05, 0) is 69.4 Å². The molecule has 278 valence electrons. The zero-order valence-corrected chi connectivity index (χ0v) is 32.1. The minimum Gasteiger partial charge on any atom is -0.495 e. The molecule has 3 heterocycles. The number of amides is 3. The number of halogens is 1. The Kier molecular flexibility index (Phi) is 10.0. The van der Waals surface area contributed by atoms with Crippen LogP contribution in [0.5, 0.6) is 11.5 Å². The molecule has 5 atom stereocenters. The first-order chi connectivity index (χ1) is 24.8. The normalized spacial score (nSPS) is 27.4. The fourth-order valence-corrected chi connectivity index (χ4v) is 9.90. The number of hydrogen-bond acceptors (Lipinski definition) is 10. The number of benzene rings is 1. The highest BCUT2D eigenvalue weighted by Gasteiger charge is 2.62. The lowest BCUT2D eigenvalue weighted by Gasteiger charge is -2.26. The lowest BCUT2D eigenvalue weighted by molar-refractivity contribution is -0.140. The van der Waals surface area contributed by atoms with E-state index < -0.39 is 50.6 Å². The Balaban J connectivity index is 1.21. The van der Waals surface area contributed by atoms with E-state index in [9.17, 15) is 22.8 Å². The molecule has 0 bridgehead atoms. The Morgan fingerprint density at radius 1 is 1.13 bits per heavy atom. The van der Waals surface area contributed by atoms with Crippen molar-refractivity contribution in [1.82, 2.24) is 24.9 Å². The summed E-state index contributed by atoms with van der Waals surface area (Å²) in [6.07, 6.45) is 7.42. The molecule has 7 rings (SSSR count). The maximum Gasteiger partial charge on any atom is 0.259 e. The van der Waals surface area contributed by atoms with Crippen molar-refractivity contribution in [2.24, 2.45) is 17.8 Å². The summed E-state index contributed by atoms with van der Waals surface area (Å²) in [6.45, 7) is 4.69. The smallest absolute Gasteiger partial charge is 0.259 e. The third-order valence-corrected chi connectivity index (χ3v) is 13.8. The highest BCUT2D eigenvalue weighted by molar-refractivity contribution is 7.91. The number of nitrogens with zero attached hydrogens (tertiary/aromatic N) is 3. The van der Waals surface area contributed by atoms with E-state index in [1.54, 1.807) is 18.0 Å². The number of aromatic nitrogens is 2. The summed E-state index contributed by atoms with van der Waals surface area (Å²) in [5.74, 6) is -2.09. The quantitative estimate of drug-likeness (QED) is 0.279. The molecule has 3 amide bonds. The molecule has 4 aliphatic rings. The number of carbonyl (C=O) groups is 3. The van der Waals surface area contributed by atoms with Gasteiger partial charge in [0, 0.05) is 36.3 Å². The molecule has 2 aromatic heterocycles. The number of rotatable bonds is 8. The number of hydrogen-bond donors (Lipinski definition) is 2. The second kappa shape index (κ2) is 14.2. The second-order valence-electron chi connectivity index (χ2n) is 14.8. The Morgan fingerprint density at radius 2 is 1.90 bits per heavy atom. The minimum absolute atomic E-state index is 0.168. The van der Waals surface area contributed by atoms with Gasteiger partial charge in [0.05, 0.1) is 35.4 Å². The summed E-state index contributed by atoms with van der Waals surface area (Å²) in [6, 6.07) is 5.39. The standard InChI is InChI=1S/C37H44ClN5O7S2/c1-20(2)28-19-51-34(40-28)27-17-30(24-12-13-29(49-4)31(38)32(24)39-27)50-22-15-25-26(16-22)35(45)43(3)14-8-6-5-7-9-21-18-37(21,41-33(25)44)36(46)42-52(47,48)23-10-11-23/h7,9,12-13,17,19-23,25-26H,5-6,8,10-11,14-16,18H2,1-4H3,(H,41,44)(H,42,46)/b9-7-. The molecule has 1 aliphatic heterocycles. The molecule has 3 aliphatic carbocycles. The molecule has 1 aromatic carbocycles. The van der Waals surface area contributed by atoms with Gasteiger partial charge in [-0.3, -0.25) is 19.1 Å². The van der Waals surface area contributed by atoms with E-state index in [4.69, 9.17) is 31.0 Å². The largest absolute Gasteiger partial charge is 0.495 e. The monoisotopic (exact) mass is 769 g/mol. The van der Waals surface area contributed by atoms with E-state index in [1.165, 1.54) is 18.4 Å². The molecular weight excluding hydrogens is 726 g/mol. The highest BCUT2D eigenvalue weighted by Crippen LogP contribution is 2.47. The molecule has 2 N–H and O–H groups in total. The predicted octanol–water partition coefficient (Wildman–Crippen LogP) is 5.60. The third kappa shape index (κ3) is 7.13. The van der Waals surface area contributed by atoms with Gasteiger partial charge < -0.3 is 19.7 Å². The number of sulfonamides is 1. The summed E-state index contributed by atoms with van der Waals surface area (Å²) in [5.41, 5.74) is 0.576. The maximum absolute atomic E-state index is 14.3. The van der Waals surface area contributed by atoms with Crippen LogP contribution in [0.25, 0.3) is 21.6 Å². The van der Waals surface area contributed by atoms with E-state index in [0.29, 0.717) is 57.5 Å². The third-order valence-electron chi connectivity index (χ3n) is 10.7. The van der Waals surface area contributed by atoms with Crippen molar-refractivity contribution in [3.05, 3.63) is 46.4 Å². The molecule has 0 radical (unpaired) electrons. The second-order valence-corrected chi connectivity index (χ2v) is 18.0. The van der Waals surface area contributed by atoms with Gasteiger partial charge in [-0.15, -0.1) is 11.3 Å². The molecule has 3 aromatic rings. The Bertz CT molecular complexity index is 2050. The molecule has 3 saturated carbocycles. The summed E-state index contributed by atoms with van der Waals surface area (Å²) >= 11 is 8.27. The number of thiazole rings is 1. The molecule has 12 nitrogen and oxygen atoms in total. The van der Waals surface area contributed by atoms with Crippen LogP contribution < -0.4 is 19.5 Å².